The number of aliphatic carboxylic acids is 1. The Labute approximate surface area is 112 Å². The molecule has 0 aromatic heterocycles. The van der Waals surface area contributed by atoms with Crippen molar-refractivity contribution in [3.05, 3.63) is 48.0 Å². The van der Waals surface area contributed by atoms with Gasteiger partial charge in [-0.2, -0.15) is 0 Å². The van der Waals surface area contributed by atoms with Gasteiger partial charge in [0.2, 0.25) is 0 Å². The molecule has 0 aliphatic heterocycles. The molecule has 2 aromatic carbocycles. The number of aliphatic hydroxyl groups is 1. The predicted molar refractivity (Wildman–Crippen MR) is 75.1 cm³/mol. The lowest BCUT2D eigenvalue weighted by Crippen LogP contribution is -2.17. The van der Waals surface area contributed by atoms with Gasteiger partial charge in [-0.15, -0.1) is 0 Å². The summed E-state index contributed by atoms with van der Waals surface area (Å²) in [6, 6.07) is 14.0. The van der Waals surface area contributed by atoms with Crippen LogP contribution in [0.25, 0.3) is 10.8 Å². The first-order valence-corrected chi connectivity index (χ1v) is 6.52. The molecule has 100 valence electrons. The van der Waals surface area contributed by atoms with Crippen LogP contribution in [0.3, 0.4) is 0 Å². The van der Waals surface area contributed by atoms with Crippen molar-refractivity contribution >= 4 is 16.7 Å². The Morgan fingerprint density at radius 1 is 1.11 bits per heavy atom. The summed E-state index contributed by atoms with van der Waals surface area (Å²) in [5, 5.41) is 20.3. The highest BCUT2D eigenvalue weighted by molar-refractivity contribution is 5.86. The van der Waals surface area contributed by atoms with E-state index >= 15 is 0 Å². The molecule has 0 bridgehead atoms. The molecule has 0 radical (unpaired) electrons. The van der Waals surface area contributed by atoms with Crippen LogP contribution in [0.4, 0.5) is 0 Å². The van der Waals surface area contributed by atoms with Gasteiger partial charge in [-0.05, 0) is 35.6 Å². The van der Waals surface area contributed by atoms with Gasteiger partial charge in [-0.25, -0.2) is 0 Å². The maximum atomic E-state index is 11.3. The van der Waals surface area contributed by atoms with Gasteiger partial charge in [0.15, 0.2) is 0 Å². The molecule has 2 rings (SSSR count). The van der Waals surface area contributed by atoms with Crippen LogP contribution in [-0.2, 0) is 11.2 Å². The summed E-state index contributed by atoms with van der Waals surface area (Å²) in [6.45, 7) is 0.0410. The van der Waals surface area contributed by atoms with Crippen molar-refractivity contribution in [2.45, 2.75) is 19.3 Å². The highest BCUT2D eigenvalue weighted by atomic mass is 16.4. The Bertz CT molecular complexity index is 557. The van der Waals surface area contributed by atoms with Crippen LogP contribution in [0.1, 0.15) is 18.4 Å². The fourth-order valence-electron chi connectivity index (χ4n) is 2.39. The molecule has 2 aromatic rings. The van der Waals surface area contributed by atoms with Crippen LogP contribution < -0.4 is 0 Å². The third-order valence-electron chi connectivity index (χ3n) is 3.41. The molecule has 0 unspecified atom stereocenters. The van der Waals surface area contributed by atoms with Crippen LogP contribution in [0.15, 0.2) is 42.5 Å². The quantitative estimate of drug-likeness (QED) is 0.837. The van der Waals surface area contributed by atoms with Crippen LogP contribution in [0.2, 0.25) is 0 Å². The zero-order chi connectivity index (χ0) is 13.7. The minimum Gasteiger partial charge on any atom is -0.481 e. The molecule has 0 saturated heterocycles. The fourth-order valence-corrected chi connectivity index (χ4v) is 2.39. The number of rotatable bonds is 6. The minimum absolute atomic E-state index is 0.0410. The van der Waals surface area contributed by atoms with Crippen molar-refractivity contribution in [3.8, 4) is 0 Å². The second-order valence-corrected chi connectivity index (χ2v) is 4.74. The smallest absolute Gasteiger partial charge is 0.306 e. The standard InChI is InChI=1S/C16H18O3/c17-10-4-8-14(16(18)19)11-13-7-3-6-12-5-1-2-9-15(12)13/h1-3,5-7,9,14,17H,4,8,10-11H2,(H,18,19)/t14-/m0/s1. The molecule has 0 spiro atoms. The molecule has 0 aliphatic carbocycles. The van der Waals surface area contributed by atoms with Gasteiger partial charge in [0.05, 0.1) is 5.92 Å². The maximum Gasteiger partial charge on any atom is 0.306 e. The highest BCUT2D eigenvalue weighted by Crippen LogP contribution is 2.23. The Hall–Kier alpha value is -1.87. The summed E-state index contributed by atoms with van der Waals surface area (Å²) in [5.41, 5.74) is 1.06. The van der Waals surface area contributed by atoms with E-state index in [1.165, 1.54) is 0 Å². The second kappa shape index (κ2) is 6.34. The zero-order valence-electron chi connectivity index (χ0n) is 10.7. The van der Waals surface area contributed by atoms with E-state index in [0.29, 0.717) is 19.3 Å². The third-order valence-corrected chi connectivity index (χ3v) is 3.41. The molecule has 0 aliphatic rings. The van der Waals surface area contributed by atoms with Gasteiger partial charge < -0.3 is 10.2 Å². The van der Waals surface area contributed by atoms with Crippen molar-refractivity contribution in [1.82, 2.24) is 0 Å². The first-order chi connectivity index (χ1) is 9.22. The first kappa shape index (κ1) is 13.6. The lowest BCUT2D eigenvalue weighted by molar-refractivity contribution is -0.142. The summed E-state index contributed by atoms with van der Waals surface area (Å²) in [7, 11) is 0. The zero-order valence-corrected chi connectivity index (χ0v) is 10.7. The van der Waals surface area contributed by atoms with Gasteiger partial charge in [-0.3, -0.25) is 4.79 Å². The third kappa shape index (κ3) is 3.32. The number of carboxylic acid groups (broad SMARTS) is 1. The molecule has 2 N–H and O–H groups in total. The van der Waals surface area contributed by atoms with E-state index in [-0.39, 0.29) is 6.61 Å². The fraction of sp³-hybridized carbons (Fsp3) is 0.312. The summed E-state index contributed by atoms with van der Waals surface area (Å²) in [4.78, 5) is 11.3. The second-order valence-electron chi connectivity index (χ2n) is 4.74. The highest BCUT2D eigenvalue weighted by Gasteiger charge is 2.18. The normalized spacial score (nSPS) is 12.5. The van der Waals surface area contributed by atoms with E-state index in [1.54, 1.807) is 0 Å². The lowest BCUT2D eigenvalue weighted by atomic mass is 9.92. The monoisotopic (exact) mass is 258 g/mol. The van der Waals surface area contributed by atoms with Crippen molar-refractivity contribution in [1.29, 1.82) is 0 Å². The molecule has 3 nitrogen and oxygen atoms in total. The Morgan fingerprint density at radius 2 is 1.84 bits per heavy atom. The lowest BCUT2D eigenvalue weighted by Gasteiger charge is -2.13. The van der Waals surface area contributed by atoms with Gasteiger partial charge in [-0.1, -0.05) is 42.5 Å². The van der Waals surface area contributed by atoms with Gasteiger partial charge in [0.25, 0.3) is 0 Å². The molecule has 1 atom stereocenters. The number of fused-ring (bicyclic) bond motifs is 1. The molecular formula is C16H18O3. The number of carboxylic acids is 1. The van der Waals surface area contributed by atoms with Crippen molar-refractivity contribution in [3.63, 3.8) is 0 Å². The first-order valence-electron chi connectivity index (χ1n) is 6.52. The van der Waals surface area contributed by atoms with Crippen LogP contribution in [0.5, 0.6) is 0 Å². The molecule has 0 amide bonds. The van der Waals surface area contributed by atoms with E-state index < -0.39 is 11.9 Å². The maximum absolute atomic E-state index is 11.3. The topological polar surface area (TPSA) is 57.5 Å². The Balaban J connectivity index is 2.26. The molecular weight excluding hydrogens is 240 g/mol. The molecule has 0 saturated carbocycles. The molecule has 0 fully saturated rings. The summed E-state index contributed by atoms with van der Waals surface area (Å²) >= 11 is 0. The number of hydrogen-bond acceptors (Lipinski definition) is 2. The van der Waals surface area contributed by atoms with Crippen molar-refractivity contribution in [2.75, 3.05) is 6.61 Å². The molecule has 19 heavy (non-hydrogen) atoms. The van der Waals surface area contributed by atoms with Crippen molar-refractivity contribution in [2.24, 2.45) is 5.92 Å². The summed E-state index contributed by atoms with van der Waals surface area (Å²) < 4.78 is 0. The predicted octanol–water partition coefficient (Wildman–Crippen LogP) is 2.86. The summed E-state index contributed by atoms with van der Waals surface area (Å²) in [6.07, 6.45) is 1.55. The SMILES string of the molecule is O=C(O)[C@@H](CCCO)Cc1cccc2ccccc12. The number of benzene rings is 2. The van der Waals surface area contributed by atoms with Gasteiger partial charge in [0.1, 0.15) is 0 Å². The van der Waals surface area contributed by atoms with E-state index in [0.717, 1.165) is 16.3 Å². The average Bonchev–Trinajstić information content (AvgIpc) is 2.43. The van der Waals surface area contributed by atoms with Crippen LogP contribution in [0, 0.1) is 5.92 Å². The van der Waals surface area contributed by atoms with E-state index in [9.17, 15) is 9.90 Å². The van der Waals surface area contributed by atoms with E-state index in [2.05, 4.69) is 0 Å². The Morgan fingerprint density at radius 3 is 2.58 bits per heavy atom. The van der Waals surface area contributed by atoms with E-state index in [1.807, 2.05) is 42.5 Å². The van der Waals surface area contributed by atoms with Gasteiger partial charge >= 0.3 is 5.97 Å². The number of hydrogen-bond donors (Lipinski definition) is 2. The molecule has 0 heterocycles. The van der Waals surface area contributed by atoms with Crippen molar-refractivity contribution < 1.29 is 15.0 Å². The van der Waals surface area contributed by atoms with Crippen LogP contribution in [-0.4, -0.2) is 22.8 Å². The van der Waals surface area contributed by atoms with E-state index in [4.69, 9.17) is 5.11 Å². The average molecular weight is 258 g/mol. The number of carbonyl (C=O) groups is 1. The molecule has 3 heteroatoms. The Kier molecular flexibility index (Phi) is 4.53. The van der Waals surface area contributed by atoms with Crippen LogP contribution >= 0.6 is 0 Å². The largest absolute Gasteiger partial charge is 0.481 e. The minimum atomic E-state index is -0.790. The number of aliphatic hydroxyl groups excluding tert-OH is 1. The van der Waals surface area contributed by atoms with Gasteiger partial charge in [0, 0.05) is 6.61 Å². The summed E-state index contributed by atoms with van der Waals surface area (Å²) in [5.74, 6) is -1.22.